The van der Waals surface area contributed by atoms with Crippen molar-refractivity contribution in [2.24, 2.45) is 0 Å². The quantitative estimate of drug-likeness (QED) is 0.712. The zero-order valence-electron chi connectivity index (χ0n) is 11.6. The third-order valence-electron chi connectivity index (χ3n) is 3.32. The first-order valence-corrected chi connectivity index (χ1v) is 7.38. The van der Waals surface area contributed by atoms with Crippen LogP contribution in [-0.2, 0) is 0 Å². The van der Waals surface area contributed by atoms with E-state index in [0.29, 0.717) is 26.6 Å². The van der Waals surface area contributed by atoms with Gasteiger partial charge >= 0.3 is 0 Å². The van der Waals surface area contributed by atoms with E-state index in [0.717, 1.165) is 0 Å². The minimum atomic E-state index is -1.49. The summed E-state index contributed by atoms with van der Waals surface area (Å²) in [4.78, 5) is 31.0. The van der Waals surface area contributed by atoms with E-state index in [4.69, 9.17) is 23.2 Å². The zero-order chi connectivity index (χ0) is 16.6. The number of halogens is 2. The molecule has 7 heteroatoms. The maximum atomic E-state index is 12.4. The summed E-state index contributed by atoms with van der Waals surface area (Å²) in [5, 5.41) is 11.1. The predicted molar refractivity (Wildman–Crippen MR) is 88.1 cm³/mol. The summed E-state index contributed by atoms with van der Waals surface area (Å²) in [6.45, 7) is 0. The Morgan fingerprint density at radius 2 is 1.74 bits per heavy atom. The Kier molecular flexibility index (Phi) is 4.17. The predicted octanol–water partition coefficient (Wildman–Crippen LogP) is 3.15. The second-order valence-electron chi connectivity index (χ2n) is 4.89. The van der Waals surface area contributed by atoms with Crippen molar-refractivity contribution in [2.45, 2.75) is 6.10 Å². The Balaban J connectivity index is 2.03. The topological polar surface area (TPSA) is 83.0 Å². The second kappa shape index (κ2) is 6.12. The molecule has 0 unspecified atom stereocenters. The van der Waals surface area contributed by atoms with Crippen LogP contribution in [0.25, 0.3) is 11.0 Å². The molecule has 1 heterocycles. The van der Waals surface area contributed by atoms with E-state index in [-0.39, 0.29) is 5.69 Å². The smallest absolute Gasteiger partial charge is 0.278 e. The highest BCUT2D eigenvalue weighted by Gasteiger charge is 2.23. The molecule has 2 aromatic carbocycles. The molecule has 3 rings (SSSR count). The molecule has 0 aliphatic carbocycles. The van der Waals surface area contributed by atoms with E-state index in [1.165, 1.54) is 18.2 Å². The normalized spacial score (nSPS) is 12.3. The SMILES string of the molecule is O=C(c1nc2ccc(Cl)cc2[nH]c1=O)[C@@H](O)c1ccc(Cl)cc1. The lowest BCUT2D eigenvalue weighted by molar-refractivity contribution is 0.0740. The average molecular weight is 349 g/mol. The molecule has 5 nitrogen and oxygen atoms in total. The molecule has 0 saturated heterocycles. The van der Waals surface area contributed by atoms with Gasteiger partial charge in [0.1, 0.15) is 6.10 Å². The number of benzene rings is 2. The molecule has 0 spiro atoms. The Bertz CT molecular complexity index is 952. The van der Waals surface area contributed by atoms with Crippen LogP contribution in [0.1, 0.15) is 22.2 Å². The molecule has 0 radical (unpaired) electrons. The number of rotatable bonds is 3. The molecular weight excluding hydrogens is 339 g/mol. The number of carbonyl (C=O) groups excluding carboxylic acids is 1. The minimum Gasteiger partial charge on any atom is -0.380 e. The maximum absolute atomic E-state index is 12.4. The van der Waals surface area contributed by atoms with Gasteiger partial charge in [-0.15, -0.1) is 0 Å². The van der Waals surface area contributed by atoms with E-state index in [2.05, 4.69) is 9.97 Å². The summed E-state index contributed by atoms with van der Waals surface area (Å²) in [5.41, 5.74) is 0.109. The fraction of sp³-hybridized carbons (Fsp3) is 0.0625. The van der Waals surface area contributed by atoms with E-state index < -0.39 is 17.4 Å². The molecule has 0 aliphatic heterocycles. The first kappa shape index (κ1) is 15.7. The highest BCUT2D eigenvalue weighted by Crippen LogP contribution is 2.20. The van der Waals surface area contributed by atoms with E-state index in [9.17, 15) is 14.7 Å². The third kappa shape index (κ3) is 3.12. The van der Waals surface area contributed by atoms with Crippen LogP contribution >= 0.6 is 23.2 Å². The number of ketones is 1. The number of hydrogen-bond donors (Lipinski definition) is 2. The molecule has 0 saturated carbocycles. The van der Waals surface area contributed by atoms with Gasteiger partial charge in [0.2, 0.25) is 5.78 Å². The van der Waals surface area contributed by atoms with Crippen molar-refractivity contribution < 1.29 is 9.90 Å². The fourth-order valence-corrected chi connectivity index (χ4v) is 2.45. The van der Waals surface area contributed by atoms with Gasteiger partial charge in [-0.2, -0.15) is 0 Å². The van der Waals surface area contributed by atoms with Crippen molar-refractivity contribution in [3.63, 3.8) is 0 Å². The van der Waals surface area contributed by atoms with Crippen molar-refractivity contribution in [3.8, 4) is 0 Å². The minimum absolute atomic E-state index is 0.330. The number of carbonyl (C=O) groups is 1. The van der Waals surface area contributed by atoms with E-state index >= 15 is 0 Å². The first-order chi connectivity index (χ1) is 11.0. The number of aromatic nitrogens is 2. The number of nitrogens with one attached hydrogen (secondary N) is 1. The fourth-order valence-electron chi connectivity index (χ4n) is 2.15. The van der Waals surface area contributed by atoms with Crippen molar-refractivity contribution in [3.05, 3.63) is 74.1 Å². The van der Waals surface area contributed by atoms with Gasteiger partial charge < -0.3 is 10.1 Å². The van der Waals surface area contributed by atoms with Gasteiger partial charge in [0.15, 0.2) is 5.69 Å². The monoisotopic (exact) mass is 348 g/mol. The number of hydrogen-bond acceptors (Lipinski definition) is 4. The van der Waals surface area contributed by atoms with Crippen molar-refractivity contribution in [1.82, 2.24) is 9.97 Å². The Labute approximate surface area is 140 Å². The molecule has 0 amide bonds. The summed E-state index contributed by atoms with van der Waals surface area (Å²) in [5.74, 6) is -0.787. The summed E-state index contributed by atoms with van der Waals surface area (Å²) < 4.78 is 0. The summed E-state index contributed by atoms with van der Waals surface area (Å²) in [6.07, 6.45) is -1.49. The Hall–Kier alpha value is -2.21. The van der Waals surface area contributed by atoms with Crippen molar-refractivity contribution >= 4 is 40.0 Å². The van der Waals surface area contributed by atoms with Gasteiger partial charge in [-0.05, 0) is 35.9 Å². The van der Waals surface area contributed by atoms with Gasteiger partial charge in [0.25, 0.3) is 5.56 Å². The number of aromatic amines is 1. The number of nitrogens with zero attached hydrogens (tertiary/aromatic N) is 1. The molecule has 0 aliphatic rings. The number of aliphatic hydroxyl groups is 1. The zero-order valence-corrected chi connectivity index (χ0v) is 13.1. The van der Waals surface area contributed by atoms with Crippen LogP contribution in [0.15, 0.2) is 47.3 Å². The van der Waals surface area contributed by atoms with Gasteiger partial charge in [0, 0.05) is 10.0 Å². The van der Waals surface area contributed by atoms with Crippen molar-refractivity contribution in [1.29, 1.82) is 0 Å². The van der Waals surface area contributed by atoms with Crippen LogP contribution in [-0.4, -0.2) is 20.9 Å². The number of H-pyrrole nitrogens is 1. The van der Waals surface area contributed by atoms with Crippen LogP contribution in [0.2, 0.25) is 10.0 Å². The van der Waals surface area contributed by atoms with Crippen LogP contribution in [0.4, 0.5) is 0 Å². The highest BCUT2D eigenvalue weighted by molar-refractivity contribution is 6.31. The molecule has 23 heavy (non-hydrogen) atoms. The molecule has 0 bridgehead atoms. The summed E-state index contributed by atoms with van der Waals surface area (Å²) in [6, 6.07) is 10.8. The molecule has 1 aromatic heterocycles. The van der Waals surface area contributed by atoms with E-state index in [1.54, 1.807) is 24.3 Å². The largest absolute Gasteiger partial charge is 0.380 e. The van der Waals surface area contributed by atoms with Crippen LogP contribution < -0.4 is 5.56 Å². The highest BCUT2D eigenvalue weighted by atomic mass is 35.5. The first-order valence-electron chi connectivity index (χ1n) is 6.63. The molecular formula is C16H10Cl2N2O3. The lowest BCUT2D eigenvalue weighted by atomic mass is 10.0. The summed E-state index contributed by atoms with van der Waals surface area (Å²) in [7, 11) is 0. The number of fused-ring (bicyclic) bond motifs is 1. The van der Waals surface area contributed by atoms with Gasteiger partial charge in [0.05, 0.1) is 11.0 Å². The van der Waals surface area contributed by atoms with Crippen LogP contribution in [0.5, 0.6) is 0 Å². The third-order valence-corrected chi connectivity index (χ3v) is 3.81. The lowest BCUT2D eigenvalue weighted by Crippen LogP contribution is -2.24. The molecule has 3 aromatic rings. The number of Topliss-reactive ketones (excluding diaryl/α,β-unsaturated/α-hetero) is 1. The second-order valence-corrected chi connectivity index (χ2v) is 5.77. The van der Waals surface area contributed by atoms with Crippen LogP contribution in [0, 0.1) is 0 Å². The number of aliphatic hydroxyl groups excluding tert-OH is 1. The molecule has 2 N–H and O–H groups in total. The van der Waals surface area contributed by atoms with Gasteiger partial charge in [-0.1, -0.05) is 35.3 Å². The molecule has 0 fully saturated rings. The molecule has 1 atom stereocenters. The van der Waals surface area contributed by atoms with Gasteiger partial charge in [-0.3, -0.25) is 9.59 Å². The lowest BCUT2D eigenvalue weighted by Gasteiger charge is -2.09. The molecule has 116 valence electrons. The average Bonchev–Trinajstić information content (AvgIpc) is 2.53. The van der Waals surface area contributed by atoms with E-state index in [1.807, 2.05) is 0 Å². The van der Waals surface area contributed by atoms with Gasteiger partial charge in [-0.25, -0.2) is 4.98 Å². The van der Waals surface area contributed by atoms with Crippen molar-refractivity contribution in [2.75, 3.05) is 0 Å². The maximum Gasteiger partial charge on any atom is 0.278 e. The Morgan fingerprint density at radius 1 is 1.09 bits per heavy atom. The Morgan fingerprint density at radius 3 is 2.43 bits per heavy atom. The summed E-state index contributed by atoms with van der Waals surface area (Å²) >= 11 is 11.6. The van der Waals surface area contributed by atoms with Crippen LogP contribution in [0.3, 0.4) is 0 Å². The standard InChI is InChI=1S/C16H10Cl2N2O3/c17-9-3-1-8(2-4-9)14(21)15(22)13-16(23)20-12-7-10(18)5-6-11(12)19-13/h1-7,14,21H,(H,20,23)/t14-/m0/s1.